The monoisotopic (exact) mass is 275 g/mol. The highest BCUT2D eigenvalue weighted by molar-refractivity contribution is 9.11. The molecule has 3 heteroatoms. The van der Waals surface area contributed by atoms with Gasteiger partial charge in [0.25, 0.3) is 0 Å². The topological polar surface area (TPSA) is 32.3 Å². The molecular formula is C12H22BrNO. The number of nitrogens with one attached hydrogen (secondary N) is 1. The molecule has 0 aromatic rings. The Morgan fingerprint density at radius 1 is 1.33 bits per heavy atom. The van der Waals surface area contributed by atoms with E-state index in [0.717, 1.165) is 36.7 Å². The molecule has 1 aliphatic carbocycles. The van der Waals surface area contributed by atoms with Crippen LogP contribution >= 0.6 is 15.9 Å². The van der Waals surface area contributed by atoms with Crippen molar-refractivity contribution < 1.29 is 5.11 Å². The second-order valence-electron chi connectivity index (χ2n) is 5.51. The average molecular weight is 276 g/mol. The van der Waals surface area contributed by atoms with Gasteiger partial charge in [-0.2, -0.15) is 0 Å². The molecule has 88 valence electrons. The summed E-state index contributed by atoms with van der Waals surface area (Å²) in [6.45, 7) is 9.71. The summed E-state index contributed by atoms with van der Waals surface area (Å²) in [5.41, 5.74) is -0.0940. The van der Waals surface area contributed by atoms with Crippen LogP contribution in [0.2, 0.25) is 0 Å². The number of hydrogen-bond donors (Lipinski definition) is 2. The van der Waals surface area contributed by atoms with Crippen molar-refractivity contribution >= 4 is 15.9 Å². The molecule has 0 amide bonds. The van der Waals surface area contributed by atoms with Gasteiger partial charge in [-0.3, -0.25) is 0 Å². The van der Waals surface area contributed by atoms with Crippen LogP contribution < -0.4 is 5.32 Å². The maximum Gasteiger partial charge on any atom is 0.0772 e. The first-order valence-electron chi connectivity index (χ1n) is 5.59. The molecule has 0 heterocycles. The van der Waals surface area contributed by atoms with Crippen LogP contribution in [0, 0.1) is 5.41 Å². The van der Waals surface area contributed by atoms with E-state index in [2.05, 4.69) is 41.7 Å². The van der Waals surface area contributed by atoms with E-state index < -0.39 is 5.60 Å². The molecule has 1 aliphatic rings. The van der Waals surface area contributed by atoms with Crippen molar-refractivity contribution in [3.8, 4) is 0 Å². The number of hydrogen-bond acceptors (Lipinski definition) is 2. The van der Waals surface area contributed by atoms with Crippen LogP contribution in [0.4, 0.5) is 0 Å². The Bertz CT molecular complexity index is 228. The Balaban J connectivity index is 2.32. The number of halogens is 1. The largest absolute Gasteiger partial charge is 0.389 e. The van der Waals surface area contributed by atoms with Gasteiger partial charge >= 0.3 is 0 Å². The minimum atomic E-state index is -0.502. The summed E-state index contributed by atoms with van der Waals surface area (Å²) < 4.78 is 0.933. The Morgan fingerprint density at radius 2 is 1.87 bits per heavy atom. The molecule has 0 aromatic heterocycles. The lowest BCUT2D eigenvalue weighted by molar-refractivity contribution is -0.0236. The molecule has 0 bridgehead atoms. The fourth-order valence-electron chi connectivity index (χ4n) is 2.00. The van der Waals surface area contributed by atoms with Gasteiger partial charge < -0.3 is 10.4 Å². The molecule has 2 nitrogen and oxygen atoms in total. The third kappa shape index (κ3) is 4.66. The summed E-state index contributed by atoms with van der Waals surface area (Å²) in [5.74, 6) is 0. The van der Waals surface area contributed by atoms with Gasteiger partial charge in [0.1, 0.15) is 0 Å². The summed E-state index contributed by atoms with van der Waals surface area (Å²) in [6, 6.07) is 0. The van der Waals surface area contributed by atoms with E-state index >= 15 is 0 Å². The van der Waals surface area contributed by atoms with Crippen molar-refractivity contribution in [3.63, 3.8) is 0 Å². The molecule has 1 saturated carbocycles. The van der Waals surface area contributed by atoms with Crippen molar-refractivity contribution in [3.05, 3.63) is 11.1 Å². The molecule has 2 N–H and O–H groups in total. The predicted molar refractivity (Wildman–Crippen MR) is 68.1 cm³/mol. The van der Waals surface area contributed by atoms with Crippen molar-refractivity contribution in [1.29, 1.82) is 0 Å². The minimum absolute atomic E-state index is 0.408. The fourth-order valence-corrected chi connectivity index (χ4v) is 2.20. The predicted octanol–water partition coefficient (Wildman–Crippen LogP) is 2.82. The highest BCUT2D eigenvalue weighted by Crippen LogP contribution is 2.39. The van der Waals surface area contributed by atoms with Crippen molar-refractivity contribution in [2.75, 3.05) is 13.1 Å². The standard InChI is InChI=1S/C12H22BrNO/c1-10(13)8-14-9-12(15)6-4-11(2,3)5-7-12/h14-15H,1,4-9H2,2-3H3. The lowest BCUT2D eigenvalue weighted by atomic mass is 9.71. The summed E-state index contributed by atoms with van der Waals surface area (Å²) in [7, 11) is 0. The van der Waals surface area contributed by atoms with E-state index in [1.807, 2.05) is 0 Å². The van der Waals surface area contributed by atoms with Crippen LogP contribution in [0.1, 0.15) is 39.5 Å². The zero-order valence-electron chi connectivity index (χ0n) is 9.77. The smallest absolute Gasteiger partial charge is 0.0772 e. The van der Waals surface area contributed by atoms with Crippen molar-refractivity contribution in [2.45, 2.75) is 45.1 Å². The maximum absolute atomic E-state index is 10.3. The SMILES string of the molecule is C=C(Br)CNCC1(O)CCC(C)(C)CC1. The van der Waals surface area contributed by atoms with Crippen LogP contribution in [0.5, 0.6) is 0 Å². The van der Waals surface area contributed by atoms with E-state index in [4.69, 9.17) is 0 Å². The highest BCUT2D eigenvalue weighted by atomic mass is 79.9. The van der Waals surface area contributed by atoms with Gasteiger partial charge in [-0.05, 0) is 31.1 Å². The van der Waals surface area contributed by atoms with Gasteiger partial charge in [0, 0.05) is 17.6 Å². The van der Waals surface area contributed by atoms with Gasteiger partial charge in [0.15, 0.2) is 0 Å². The maximum atomic E-state index is 10.3. The van der Waals surface area contributed by atoms with E-state index in [0.29, 0.717) is 12.0 Å². The first-order valence-corrected chi connectivity index (χ1v) is 6.39. The third-order valence-corrected chi connectivity index (χ3v) is 3.59. The first-order chi connectivity index (χ1) is 6.83. The lowest BCUT2D eigenvalue weighted by Gasteiger charge is -2.40. The van der Waals surface area contributed by atoms with Crippen LogP contribution in [-0.4, -0.2) is 23.8 Å². The van der Waals surface area contributed by atoms with E-state index in [1.54, 1.807) is 0 Å². The Kier molecular flexibility index (Phi) is 4.38. The summed E-state index contributed by atoms with van der Waals surface area (Å²) in [6.07, 6.45) is 4.03. The van der Waals surface area contributed by atoms with Crippen molar-refractivity contribution in [1.82, 2.24) is 5.32 Å². The molecule has 0 unspecified atom stereocenters. The second kappa shape index (κ2) is 4.98. The van der Waals surface area contributed by atoms with Gasteiger partial charge in [0.2, 0.25) is 0 Å². The Labute approximate surface area is 101 Å². The van der Waals surface area contributed by atoms with Crippen LogP contribution in [0.15, 0.2) is 11.1 Å². The first kappa shape index (κ1) is 13.2. The molecule has 0 saturated heterocycles. The Morgan fingerprint density at radius 3 is 2.33 bits per heavy atom. The van der Waals surface area contributed by atoms with Crippen molar-refractivity contribution in [2.24, 2.45) is 5.41 Å². The number of aliphatic hydroxyl groups is 1. The molecule has 0 aromatic carbocycles. The quantitative estimate of drug-likeness (QED) is 0.827. The molecule has 15 heavy (non-hydrogen) atoms. The fraction of sp³-hybridized carbons (Fsp3) is 0.833. The van der Waals surface area contributed by atoms with Crippen LogP contribution in [0.25, 0.3) is 0 Å². The molecule has 0 aliphatic heterocycles. The second-order valence-corrected chi connectivity index (χ2v) is 6.63. The van der Waals surface area contributed by atoms with Gasteiger partial charge in [0.05, 0.1) is 5.60 Å². The lowest BCUT2D eigenvalue weighted by Crippen LogP contribution is -2.45. The highest BCUT2D eigenvalue weighted by Gasteiger charge is 2.36. The summed E-state index contributed by atoms with van der Waals surface area (Å²) >= 11 is 3.30. The summed E-state index contributed by atoms with van der Waals surface area (Å²) in [5, 5.41) is 13.5. The molecule has 1 rings (SSSR count). The third-order valence-electron chi connectivity index (χ3n) is 3.31. The normalized spacial score (nSPS) is 23.7. The minimum Gasteiger partial charge on any atom is -0.389 e. The zero-order chi connectivity index (χ0) is 11.5. The number of rotatable bonds is 4. The molecule has 1 fully saturated rings. The molecular weight excluding hydrogens is 254 g/mol. The van der Waals surface area contributed by atoms with E-state index in [-0.39, 0.29) is 0 Å². The zero-order valence-corrected chi connectivity index (χ0v) is 11.4. The van der Waals surface area contributed by atoms with Gasteiger partial charge in [-0.1, -0.05) is 36.4 Å². The molecule has 0 spiro atoms. The van der Waals surface area contributed by atoms with E-state index in [1.165, 1.54) is 0 Å². The summed E-state index contributed by atoms with van der Waals surface area (Å²) in [4.78, 5) is 0. The van der Waals surface area contributed by atoms with Gasteiger partial charge in [-0.25, -0.2) is 0 Å². The molecule has 0 radical (unpaired) electrons. The molecule has 0 atom stereocenters. The van der Waals surface area contributed by atoms with Gasteiger partial charge in [-0.15, -0.1) is 0 Å². The Hall–Kier alpha value is 0.140. The average Bonchev–Trinajstić information content (AvgIpc) is 2.11. The van der Waals surface area contributed by atoms with Crippen LogP contribution in [0.3, 0.4) is 0 Å². The van der Waals surface area contributed by atoms with E-state index in [9.17, 15) is 5.11 Å². The van der Waals surface area contributed by atoms with Crippen LogP contribution in [-0.2, 0) is 0 Å².